The number of rotatable bonds is 9. The molecular formula is C30H35NO3. The van der Waals surface area contributed by atoms with Crippen molar-refractivity contribution in [3.63, 3.8) is 0 Å². The van der Waals surface area contributed by atoms with Crippen molar-refractivity contribution >= 4 is 17.1 Å². The summed E-state index contributed by atoms with van der Waals surface area (Å²) in [7, 11) is 0. The monoisotopic (exact) mass is 457 g/mol. The molecule has 1 aliphatic carbocycles. The molecule has 0 radical (unpaired) electrons. The Morgan fingerprint density at radius 1 is 0.912 bits per heavy atom. The van der Waals surface area contributed by atoms with Gasteiger partial charge in [-0.25, -0.2) is 0 Å². The van der Waals surface area contributed by atoms with Gasteiger partial charge in [0.1, 0.15) is 0 Å². The topological polar surface area (TPSA) is 60.8 Å². The van der Waals surface area contributed by atoms with E-state index in [-0.39, 0.29) is 12.2 Å². The van der Waals surface area contributed by atoms with Crippen molar-refractivity contribution in [3.8, 4) is 0 Å². The third-order valence-corrected chi connectivity index (χ3v) is 6.94. The Hall–Kier alpha value is -3.11. The standard InChI is InChI=1S/C30H35NO3/c1-21(8-9-22(2)32)30(28(16-17-29(33)34)24-6-4-3-5-7-24)25-12-10-23(11-13-25)26-18-19-31(20-26)27-14-15-27/h3-13,26-27,32H,14-20H2,1-2H3,(H,33,34)/b21-8+,22-9+,30-28-. The third kappa shape index (κ3) is 6.06. The van der Waals surface area contributed by atoms with Crippen LogP contribution in [0.2, 0.25) is 0 Å². The van der Waals surface area contributed by atoms with Crippen LogP contribution in [0.1, 0.15) is 68.6 Å². The Bertz CT molecular complexity index is 1090. The fraction of sp³-hybridized carbons (Fsp3) is 0.367. The summed E-state index contributed by atoms with van der Waals surface area (Å²) in [6, 6.07) is 19.7. The van der Waals surface area contributed by atoms with Gasteiger partial charge in [-0.15, -0.1) is 0 Å². The number of likely N-dealkylation sites (tertiary alicyclic amines) is 1. The molecule has 4 rings (SSSR count). The summed E-state index contributed by atoms with van der Waals surface area (Å²) >= 11 is 0. The van der Waals surface area contributed by atoms with Crippen LogP contribution >= 0.6 is 0 Å². The number of aliphatic carboxylic acids is 1. The van der Waals surface area contributed by atoms with Crippen LogP contribution in [0, 0.1) is 0 Å². The van der Waals surface area contributed by atoms with Crippen LogP contribution in [0.5, 0.6) is 0 Å². The van der Waals surface area contributed by atoms with Crippen LogP contribution in [0.25, 0.3) is 11.1 Å². The molecule has 0 bridgehead atoms. The molecule has 0 aromatic heterocycles. The van der Waals surface area contributed by atoms with Crippen molar-refractivity contribution < 1.29 is 15.0 Å². The third-order valence-electron chi connectivity index (χ3n) is 6.94. The SMILES string of the molecule is C\C(O)=C/C=C(C)/C(=C(\CCC(=O)O)c1ccccc1)c1ccc(C2CCN(C3CC3)C2)cc1. The summed E-state index contributed by atoms with van der Waals surface area (Å²) in [6.07, 6.45) is 8.01. The molecule has 1 saturated carbocycles. The van der Waals surface area contributed by atoms with Crippen molar-refractivity contribution in [2.24, 2.45) is 0 Å². The zero-order valence-electron chi connectivity index (χ0n) is 20.2. The maximum Gasteiger partial charge on any atom is 0.303 e. The molecule has 0 amide bonds. The van der Waals surface area contributed by atoms with Gasteiger partial charge in [-0.05, 0) is 91.5 Å². The van der Waals surface area contributed by atoms with Gasteiger partial charge in [0.15, 0.2) is 0 Å². The molecular weight excluding hydrogens is 422 g/mol. The van der Waals surface area contributed by atoms with Crippen molar-refractivity contribution in [2.45, 2.75) is 57.9 Å². The molecule has 2 aromatic rings. The molecule has 2 fully saturated rings. The second kappa shape index (κ2) is 10.9. The predicted molar refractivity (Wildman–Crippen MR) is 139 cm³/mol. The van der Waals surface area contributed by atoms with Gasteiger partial charge in [0.05, 0.1) is 5.76 Å². The normalized spacial score (nSPS) is 20.4. The first kappa shape index (κ1) is 24.0. The van der Waals surface area contributed by atoms with E-state index in [1.165, 1.54) is 31.4 Å². The van der Waals surface area contributed by atoms with Gasteiger partial charge in [0, 0.05) is 19.0 Å². The maximum atomic E-state index is 11.5. The van der Waals surface area contributed by atoms with Gasteiger partial charge >= 0.3 is 5.97 Å². The molecule has 2 aromatic carbocycles. The number of allylic oxidation sites excluding steroid dienone is 6. The van der Waals surface area contributed by atoms with Gasteiger partial charge in [-0.1, -0.05) is 60.7 Å². The molecule has 34 heavy (non-hydrogen) atoms. The zero-order valence-corrected chi connectivity index (χ0v) is 20.2. The summed E-state index contributed by atoms with van der Waals surface area (Å²) in [5.41, 5.74) is 6.51. The first-order valence-corrected chi connectivity index (χ1v) is 12.3. The van der Waals surface area contributed by atoms with Gasteiger partial charge < -0.3 is 10.2 Å². The Morgan fingerprint density at radius 2 is 1.62 bits per heavy atom. The number of carboxylic acids is 1. The number of nitrogens with zero attached hydrogens (tertiary/aromatic N) is 1. The van der Waals surface area contributed by atoms with Crippen LogP contribution in [0.4, 0.5) is 0 Å². The minimum atomic E-state index is -0.808. The Morgan fingerprint density at radius 3 is 2.24 bits per heavy atom. The van der Waals surface area contributed by atoms with E-state index in [0.717, 1.165) is 40.4 Å². The number of hydrogen-bond donors (Lipinski definition) is 2. The Labute approximate surface area is 202 Å². The smallest absolute Gasteiger partial charge is 0.303 e. The van der Waals surface area contributed by atoms with Gasteiger partial charge in [-0.2, -0.15) is 0 Å². The highest BCUT2D eigenvalue weighted by molar-refractivity contribution is 5.98. The molecule has 1 aliphatic heterocycles. The molecule has 2 aliphatic rings. The molecule has 4 nitrogen and oxygen atoms in total. The minimum absolute atomic E-state index is 0.0625. The number of aliphatic hydroxyl groups excluding tert-OH is 1. The molecule has 1 saturated heterocycles. The van der Waals surface area contributed by atoms with Crippen molar-refractivity contribution in [1.82, 2.24) is 4.90 Å². The van der Waals surface area contributed by atoms with Crippen molar-refractivity contribution in [3.05, 3.63) is 94.8 Å². The van der Waals surface area contributed by atoms with Crippen molar-refractivity contribution in [2.75, 3.05) is 13.1 Å². The number of aliphatic hydroxyl groups is 1. The van der Waals surface area contributed by atoms with Crippen molar-refractivity contribution in [1.29, 1.82) is 0 Å². The summed E-state index contributed by atoms with van der Waals surface area (Å²) < 4.78 is 0. The lowest BCUT2D eigenvalue weighted by Gasteiger charge is -2.19. The lowest BCUT2D eigenvalue weighted by atomic mass is 9.86. The van der Waals surface area contributed by atoms with E-state index in [1.54, 1.807) is 13.0 Å². The summed E-state index contributed by atoms with van der Waals surface area (Å²) in [4.78, 5) is 14.1. The number of benzene rings is 2. The second-order valence-corrected chi connectivity index (χ2v) is 9.60. The summed E-state index contributed by atoms with van der Waals surface area (Å²) in [6.45, 7) is 6.03. The minimum Gasteiger partial charge on any atom is -0.513 e. The van der Waals surface area contributed by atoms with E-state index >= 15 is 0 Å². The number of hydrogen-bond acceptors (Lipinski definition) is 3. The Kier molecular flexibility index (Phi) is 7.69. The highest BCUT2D eigenvalue weighted by atomic mass is 16.4. The first-order chi connectivity index (χ1) is 16.4. The lowest BCUT2D eigenvalue weighted by molar-refractivity contribution is -0.136. The van der Waals surface area contributed by atoms with Crippen LogP contribution in [0.3, 0.4) is 0 Å². The number of carboxylic acid groups (broad SMARTS) is 1. The van der Waals surface area contributed by atoms with Gasteiger partial charge in [0.25, 0.3) is 0 Å². The highest BCUT2D eigenvalue weighted by Gasteiger charge is 2.34. The van der Waals surface area contributed by atoms with E-state index in [0.29, 0.717) is 12.3 Å². The molecule has 0 spiro atoms. The quantitative estimate of drug-likeness (QED) is 0.246. The van der Waals surface area contributed by atoms with Crippen LogP contribution in [0.15, 0.2) is 78.1 Å². The molecule has 4 heteroatoms. The molecule has 178 valence electrons. The van der Waals surface area contributed by atoms with Crippen LogP contribution < -0.4 is 0 Å². The second-order valence-electron chi connectivity index (χ2n) is 9.60. The van der Waals surface area contributed by atoms with Crippen LogP contribution in [-0.2, 0) is 4.79 Å². The van der Waals surface area contributed by atoms with E-state index in [9.17, 15) is 15.0 Å². The average Bonchev–Trinajstić information content (AvgIpc) is 3.57. The molecule has 2 N–H and O–H groups in total. The predicted octanol–water partition coefficient (Wildman–Crippen LogP) is 6.82. The fourth-order valence-electron chi connectivity index (χ4n) is 5.01. The first-order valence-electron chi connectivity index (χ1n) is 12.3. The average molecular weight is 458 g/mol. The van der Waals surface area contributed by atoms with E-state index < -0.39 is 5.97 Å². The van der Waals surface area contributed by atoms with E-state index in [1.807, 2.05) is 43.3 Å². The summed E-state index contributed by atoms with van der Waals surface area (Å²) in [5, 5.41) is 19.1. The number of carbonyl (C=O) groups is 1. The Balaban J connectivity index is 1.73. The van der Waals surface area contributed by atoms with E-state index in [2.05, 4.69) is 29.2 Å². The summed E-state index contributed by atoms with van der Waals surface area (Å²) in [5.74, 6) is 0.0129. The molecule has 1 heterocycles. The zero-order chi connectivity index (χ0) is 24.1. The molecule has 1 atom stereocenters. The van der Waals surface area contributed by atoms with Gasteiger partial charge in [-0.3, -0.25) is 9.69 Å². The fourth-order valence-corrected chi connectivity index (χ4v) is 5.01. The highest BCUT2D eigenvalue weighted by Crippen LogP contribution is 2.38. The van der Waals surface area contributed by atoms with E-state index in [4.69, 9.17) is 0 Å². The largest absolute Gasteiger partial charge is 0.513 e. The molecule has 1 unspecified atom stereocenters. The lowest BCUT2D eigenvalue weighted by Crippen LogP contribution is -2.22. The van der Waals surface area contributed by atoms with Crippen LogP contribution in [-0.4, -0.2) is 40.2 Å². The van der Waals surface area contributed by atoms with Gasteiger partial charge in [0.2, 0.25) is 0 Å². The maximum absolute atomic E-state index is 11.5.